The van der Waals surface area contributed by atoms with Gasteiger partial charge in [-0.3, -0.25) is 0 Å². The number of nitrogens with zero attached hydrogens (tertiary/aromatic N) is 3. The van der Waals surface area contributed by atoms with Gasteiger partial charge in [-0.1, -0.05) is 0 Å². The number of halogens is 1. The Morgan fingerprint density at radius 3 is 2.57 bits per heavy atom. The molecule has 0 saturated carbocycles. The van der Waals surface area contributed by atoms with Gasteiger partial charge in [0.05, 0.1) is 6.10 Å². The number of thiazole rings is 1. The van der Waals surface area contributed by atoms with E-state index in [4.69, 9.17) is 0 Å². The molecule has 3 rings (SSSR count). The quantitative estimate of drug-likeness (QED) is 0.946. The van der Waals surface area contributed by atoms with Gasteiger partial charge in [0.2, 0.25) is 0 Å². The third kappa shape index (κ3) is 3.01. The summed E-state index contributed by atoms with van der Waals surface area (Å²) >= 11 is 1.64. The molecule has 112 valence electrons. The normalized spacial score (nSPS) is 17.1. The highest BCUT2D eigenvalue weighted by molar-refractivity contribution is 7.13. The molecule has 2 heterocycles. The second kappa shape index (κ2) is 5.99. The molecule has 1 aliphatic heterocycles. The van der Waals surface area contributed by atoms with Crippen molar-refractivity contribution in [2.24, 2.45) is 0 Å². The van der Waals surface area contributed by atoms with Crippen molar-refractivity contribution in [2.45, 2.75) is 13.0 Å². The lowest BCUT2D eigenvalue weighted by Gasteiger charge is -2.37. The van der Waals surface area contributed by atoms with Gasteiger partial charge in [-0.05, 0) is 25.1 Å². The summed E-state index contributed by atoms with van der Waals surface area (Å²) in [5.74, 6) is -0.309. The molecule has 0 amide bonds. The standard InChI is InChI=1S/C15H18FN3OS/c1-11(20)13-10-12(16)2-3-14(13)18-5-7-19(8-6-18)15-17-4-9-21-15/h2-4,9-11,20H,5-8H2,1H3/t11-/m1/s1. The molecule has 4 nitrogen and oxygen atoms in total. The number of hydrogen-bond acceptors (Lipinski definition) is 5. The molecular formula is C15H18FN3OS. The van der Waals surface area contributed by atoms with E-state index in [0.29, 0.717) is 5.56 Å². The van der Waals surface area contributed by atoms with Gasteiger partial charge in [0.15, 0.2) is 5.13 Å². The Labute approximate surface area is 127 Å². The number of aliphatic hydroxyl groups is 1. The number of piperazine rings is 1. The van der Waals surface area contributed by atoms with E-state index >= 15 is 0 Å². The van der Waals surface area contributed by atoms with E-state index in [1.165, 1.54) is 12.1 Å². The fourth-order valence-corrected chi connectivity index (χ4v) is 3.36. The summed E-state index contributed by atoms with van der Waals surface area (Å²) in [6.45, 7) is 5.11. The summed E-state index contributed by atoms with van der Waals surface area (Å²) in [7, 11) is 0. The van der Waals surface area contributed by atoms with Crippen LogP contribution in [0.5, 0.6) is 0 Å². The van der Waals surface area contributed by atoms with E-state index in [-0.39, 0.29) is 5.82 Å². The largest absolute Gasteiger partial charge is 0.389 e. The zero-order chi connectivity index (χ0) is 14.8. The Bertz CT molecular complexity index is 595. The van der Waals surface area contributed by atoms with Crippen LogP contribution in [0.2, 0.25) is 0 Å². The van der Waals surface area contributed by atoms with Crippen molar-refractivity contribution in [2.75, 3.05) is 36.0 Å². The fourth-order valence-electron chi connectivity index (χ4n) is 2.66. The van der Waals surface area contributed by atoms with Crippen molar-refractivity contribution < 1.29 is 9.50 Å². The van der Waals surface area contributed by atoms with Gasteiger partial charge < -0.3 is 14.9 Å². The van der Waals surface area contributed by atoms with Crippen LogP contribution in [0, 0.1) is 5.82 Å². The summed E-state index contributed by atoms with van der Waals surface area (Å²) in [6.07, 6.45) is 1.14. The molecule has 1 fully saturated rings. The Hall–Kier alpha value is -1.66. The van der Waals surface area contributed by atoms with Gasteiger partial charge in [0.25, 0.3) is 0 Å². The second-order valence-electron chi connectivity index (χ2n) is 5.17. The van der Waals surface area contributed by atoms with Crippen LogP contribution in [0.1, 0.15) is 18.6 Å². The minimum atomic E-state index is -0.673. The van der Waals surface area contributed by atoms with Crippen LogP contribution in [0.15, 0.2) is 29.8 Å². The number of benzene rings is 1. The Morgan fingerprint density at radius 2 is 1.95 bits per heavy atom. The maximum absolute atomic E-state index is 13.4. The molecule has 6 heteroatoms. The maximum atomic E-state index is 13.4. The minimum Gasteiger partial charge on any atom is -0.389 e. The minimum absolute atomic E-state index is 0.309. The van der Waals surface area contributed by atoms with Crippen molar-refractivity contribution in [1.29, 1.82) is 0 Å². The first-order valence-corrected chi connectivity index (χ1v) is 7.90. The monoisotopic (exact) mass is 307 g/mol. The van der Waals surface area contributed by atoms with E-state index in [1.54, 1.807) is 24.3 Å². The van der Waals surface area contributed by atoms with Gasteiger partial charge in [-0.2, -0.15) is 0 Å². The lowest BCUT2D eigenvalue weighted by atomic mass is 10.1. The van der Waals surface area contributed by atoms with E-state index < -0.39 is 6.10 Å². The summed E-state index contributed by atoms with van der Waals surface area (Å²) in [6, 6.07) is 4.64. The van der Waals surface area contributed by atoms with Crippen molar-refractivity contribution in [1.82, 2.24) is 4.98 Å². The molecule has 1 aromatic carbocycles. The molecule has 0 unspecified atom stereocenters. The molecule has 1 aromatic heterocycles. The molecule has 0 aliphatic carbocycles. The first-order chi connectivity index (χ1) is 10.1. The SMILES string of the molecule is C[C@@H](O)c1cc(F)ccc1N1CCN(c2nccs2)CC1. The highest BCUT2D eigenvalue weighted by atomic mass is 32.1. The van der Waals surface area contributed by atoms with E-state index in [2.05, 4.69) is 14.8 Å². The van der Waals surface area contributed by atoms with Gasteiger partial charge in [0.1, 0.15) is 5.82 Å². The number of anilines is 2. The zero-order valence-electron chi connectivity index (χ0n) is 11.9. The highest BCUT2D eigenvalue weighted by Gasteiger charge is 2.22. The predicted octanol–water partition coefficient (Wildman–Crippen LogP) is 2.66. The number of hydrogen-bond donors (Lipinski definition) is 1. The maximum Gasteiger partial charge on any atom is 0.185 e. The fraction of sp³-hybridized carbons (Fsp3) is 0.400. The smallest absolute Gasteiger partial charge is 0.185 e. The Kier molecular flexibility index (Phi) is 4.07. The summed E-state index contributed by atoms with van der Waals surface area (Å²) < 4.78 is 13.4. The molecule has 1 saturated heterocycles. The van der Waals surface area contributed by atoms with Crippen LogP contribution in [0.25, 0.3) is 0 Å². The first-order valence-electron chi connectivity index (χ1n) is 7.02. The molecule has 1 aliphatic rings. The molecule has 1 N–H and O–H groups in total. The van der Waals surface area contributed by atoms with Crippen LogP contribution in [-0.2, 0) is 0 Å². The average Bonchev–Trinajstić information content (AvgIpc) is 3.01. The summed E-state index contributed by atoms with van der Waals surface area (Å²) in [4.78, 5) is 8.79. The highest BCUT2D eigenvalue weighted by Crippen LogP contribution is 2.29. The lowest BCUT2D eigenvalue weighted by molar-refractivity contribution is 0.199. The lowest BCUT2D eigenvalue weighted by Crippen LogP contribution is -2.46. The van der Waals surface area contributed by atoms with Crippen LogP contribution >= 0.6 is 11.3 Å². The molecule has 0 radical (unpaired) electrons. The van der Waals surface area contributed by atoms with Gasteiger partial charge in [-0.25, -0.2) is 9.37 Å². The van der Waals surface area contributed by atoms with Gasteiger partial charge >= 0.3 is 0 Å². The van der Waals surface area contributed by atoms with Crippen LogP contribution < -0.4 is 9.80 Å². The van der Waals surface area contributed by atoms with Crippen molar-refractivity contribution in [3.63, 3.8) is 0 Å². The summed E-state index contributed by atoms with van der Waals surface area (Å²) in [5, 5.41) is 12.9. The van der Waals surface area contributed by atoms with Crippen molar-refractivity contribution >= 4 is 22.2 Å². The number of aromatic nitrogens is 1. The van der Waals surface area contributed by atoms with Crippen molar-refractivity contribution in [3.8, 4) is 0 Å². The van der Waals surface area contributed by atoms with Crippen molar-refractivity contribution in [3.05, 3.63) is 41.2 Å². The average molecular weight is 307 g/mol. The Morgan fingerprint density at radius 1 is 1.24 bits per heavy atom. The van der Waals surface area contributed by atoms with E-state index in [1.807, 2.05) is 11.6 Å². The van der Waals surface area contributed by atoms with Crippen LogP contribution in [0.3, 0.4) is 0 Å². The van der Waals surface area contributed by atoms with Gasteiger partial charge in [0, 0.05) is 49.0 Å². The zero-order valence-corrected chi connectivity index (χ0v) is 12.7. The topological polar surface area (TPSA) is 39.6 Å². The third-order valence-corrected chi connectivity index (χ3v) is 4.58. The molecule has 1 atom stereocenters. The first kappa shape index (κ1) is 14.3. The molecule has 0 bridgehead atoms. The Balaban J connectivity index is 1.75. The predicted molar refractivity (Wildman–Crippen MR) is 83.6 cm³/mol. The third-order valence-electron chi connectivity index (χ3n) is 3.75. The summed E-state index contributed by atoms with van der Waals surface area (Å²) in [5.41, 5.74) is 1.57. The van der Waals surface area contributed by atoms with Crippen LogP contribution in [0.4, 0.5) is 15.2 Å². The van der Waals surface area contributed by atoms with E-state index in [0.717, 1.165) is 37.0 Å². The van der Waals surface area contributed by atoms with Crippen LogP contribution in [-0.4, -0.2) is 36.3 Å². The molecular weight excluding hydrogens is 289 g/mol. The van der Waals surface area contributed by atoms with E-state index in [9.17, 15) is 9.50 Å². The molecule has 2 aromatic rings. The molecule has 21 heavy (non-hydrogen) atoms. The van der Waals surface area contributed by atoms with Gasteiger partial charge in [-0.15, -0.1) is 11.3 Å². The number of rotatable bonds is 3. The molecule has 0 spiro atoms. The second-order valence-corrected chi connectivity index (χ2v) is 6.04. The number of aliphatic hydroxyl groups excluding tert-OH is 1.